The van der Waals surface area contributed by atoms with Crippen LogP contribution in [0.15, 0.2) is 42.9 Å². The van der Waals surface area contributed by atoms with Crippen LogP contribution in [0, 0.1) is 0 Å². The third kappa shape index (κ3) is 5.38. The van der Waals surface area contributed by atoms with Crippen molar-refractivity contribution >= 4 is 18.2 Å². The first-order valence-electron chi connectivity index (χ1n) is 8.77. The molecule has 3 heterocycles. The van der Waals surface area contributed by atoms with Crippen molar-refractivity contribution in [1.82, 2.24) is 20.2 Å². The third-order valence-corrected chi connectivity index (χ3v) is 4.66. The van der Waals surface area contributed by atoms with Crippen LogP contribution in [0.3, 0.4) is 0 Å². The van der Waals surface area contributed by atoms with Gasteiger partial charge in [0, 0.05) is 71.5 Å². The van der Waals surface area contributed by atoms with Gasteiger partial charge in [0.25, 0.3) is 0 Å². The minimum atomic E-state index is 0. The fraction of sp³-hybridized carbons (Fsp3) is 0.474. The highest BCUT2D eigenvalue weighted by molar-refractivity contribution is 5.85. The van der Waals surface area contributed by atoms with Crippen molar-refractivity contribution in [3.63, 3.8) is 0 Å². The summed E-state index contributed by atoms with van der Waals surface area (Å²) in [5, 5.41) is 3.50. The van der Waals surface area contributed by atoms with Crippen LogP contribution < -0.4 is 10.2 Å². The highest BCUT2D eigenvalue weighted by Crippen LogP contribution is 2.23. The molecular formula is C19H28ClN5O. The Morgan fingerprint density at radius 1 is 1.27 bits per heavy atom. The average Bonchev–Trinajstić information content (AvgIpc) is 2.68. The van der Waals surface area contributed by atoms with Crippen LogP contribution in [0.25, 0.3) is 0 Å². The van der Waals surface area contributed by atoms with Gasteiger partial charge in [-0.25, -0.2) is 4.98 Å². The van der Waals surface area contributed by atoms with E-state index in [1.807, 2.05) is 25.6 Å². The third-order valence-electron chi connectivity index (χ3n) is 4.66. The lowest BCUT2D eigenvalue weighted by Crippen LogP contribution is -2.45. The number of piperazine rings is 1. The fourth-order valence-corrected chi connectivity index (χ4v) is 3.16. The highest BCUT2D eigenvalue weighted by Gasteiger charge is 2.23. The summed E-state index contributed by atoms with van der Waals surface area (Å²) in [4.78, 5) is 13.4. The number of rotatable bonds is 7. The van der Waals surface area contributed by atoms with Crippen LogP contribution in [0.5, 0.6) is 0 Å². The minimum absolute atomic E-state index is 0. The summed E-state index contributed by atoms with van der Waals surface area (Å²) < 4.78 is 5.13. The second-order valence-corrected chi connectivity index (χ2v) is 6.41. The van der Waals surface area contributed by atoms with E-state index in [4.69, 9.17) is 4.74 Å². The zero-order valence-electron chi connectivity index (χ0n) is 15.5. The topological polar surface area (TPSA) is 53.5 Å². The van der Waals surface area contributed by atoms with E-state index < -0.39 is 0 Å². The second-order valence-electron chi connectivity index (χ2n) is 6.41. The van der Waals surface area contributed by atoms with Crippen molar-refractivity contribution in [2.75, 3.05) is 51.8 Å². The Kier molecular flexibility index (Phi) is 8.25. The van der Waals surface area contributed by atoms with E-state index >= 15 is 0 Å². The molecule has 0 aliphatic carbocycles. The van der Waals surface area contributed by atoms with Crippen LogP contribution in [0.4, 0.5) is 5.82 Å². The zero-order valence-corrected chi connectivity index (χ0v) is 16.3. The van der Waals surface area contributed by atoms with Crippen LogP contribution in [0.2, 0.25) is 0 Å². The van der Waals surface area contributed by atoms with Gasteiger partial charge < -0.3 is 15.0 Å². The lowest BCUT2D eigenvalue weighted by atomic mass is 10.0. The molecule has 0 spiro atoms. The first-order chi connectivity index (χ1) is 12.3. The van der Waals surface area contributed by atoms with E-state index in [0.717, 1.165) is 38.5 Å². The molecule has 2 aromatic rings. The quantitative estimate of drug-likeness (QED) is 0.797. The minimum Gasteiger partial charge on any atom is -0.383 e. The van der Waals surface area contributed by atoms with Gasteiger partial charge in [0.1, 0.15) is 5.82 Å². The molecule has 0 radical (unpaired) electrons. The number of methoxy groups -OCH3 is 1. The van der Waals surface area contributed by atoms with Gasteiger partial charge in [0.15, 0.2) is 0 Å². The molecule has 1 unspecified atom stereocenters. The summed E-state index contributed by atoms with van der Waals surface area (Å²) in [6.07, 6.45) is 5.73. The number of hydrogen-bond acceptors (Lipinski definition) is 6. The number of pyridine rings is 2. The van der Waals surface area contributed by atoms with Crippen molar-refractivity contribution < 1.29 is 4.74 Å². The van der Waals surface area contributed by atoms with E-state index in [1.165, 1.54) is 11.1 Å². The number of halogens is 1. The molecule has 1 aliphatic heterocycles. The van der Waals surface area contributed by atoms with Crippen molar-refractivity contribution in [2.45, 2.75) is 12.6 Å². The van der Waals surface area contributed by atoms with E-state index in [1.54, 1.807) is 7.11 Å². The Morgan fingerprint density at radius 3 is 2.77 bits per heavy atom. The van der Waals surface area contributed by atoms with Crippen LogP contribution in [0.1, 0.15) is 17.2 Å². The van der Waals surface area contributed by atoms with Crippen molar-refractivity contribution in [3.8, 4) is 0 Å². The number of ether oxygens (including phenoxy) is 1. The molecular weight excluding hydrogens is 350 g/mol. The molecule has 2 aromatic heterocycles. The first-order valence-corrected chi connectivity index (χ1v) is 8.77. The fourth-order valence-electron chi connectivity index (χ4n) is 3.16. The largest absolute Gasteiger partial charge is 0.383 e. The van der Waals surface area contributed by atoms with Gasteiger partial charge in [-0.3, -0.25) is 9.88 Å². The smallest absolute Gasteiger partial charge is 0.128 e. The van der Waals surface area contributed by atoms with Gasteiger partial charge in [-0.1, -0.05) is 6.07 Å². The standard InChI is InChI=1S/C19H27N5O.ClH/c1-23(11-12-25-2)19-4-3-16(13-22-19)15-24-10-9-21-14-18(24)17-5-7-20-8-6-17;/h3-8,13,18,21H,9-12,14-15H2,1-2H3;1H. The maximum absolute atomic E-state index is 5.13. The Bertz CT molecular complexity index is 640. The number of nitrogens with zero attached hydrogens (tertiary/aromatic N) is 4. The van der Waals surface area contributed by atoms with Gasteiger partial charge in [0.05, 0.1) is 6.61 Å². The van der Waals surface area contributed by atoms with E-state index in [0.29, 0.717) is 12.6 Å². The first kappa shape index (κ1) is 20.6. The van der Waals surface area contributed by atoms with Gasteiger partial charge in [-0.05, 0) is 29.3 Å². The Balaban J connectivity index is 0.00000243. The molecule has 1 aliphatic rings. The summed E-state index contributed by atoms with van der Waals surface area (Å²) in [6.45, 7) is 5.47. The van der Waals surface area contributed by atoms with Crippen molar-refractivity contribution in [3.05, 3.63) is 54.0 Å². The molecule has 1 N–H and O–H groups in total. The predicted molar refractivity (Wildman–Crippen MR) is 107 cm³/mol. The van der Waals surface area contributed by atoms with Gasteiger partial charge in [-0.2, -0.15) is 0 Å². The number of hydrogen-bond donors (Lipinski definition) is 1. The number of nitrogens with one attached hydrogen (secondary N) is 1. The zero-order chi connectivity index (χ0) is 17.5. The van der Waals surface area contributed by atoms with Crippen LogP contribution in [-0.4, -0.2) is 61.8 Å². The molecule has 1 atom stereocenters. The van der Waals surface area contributed by atoms with E-state index in [9.17, 15) is 0 Å². The lowest BCUT2D eigenvalue weighted by molar-refractivity contribution is 0.153. The van der Waals surface area contributed by atoms with Crippen molar-refractivity contribution in [2.24, 2.45) is 0 Å². The molecule has 142 valence electrons. The molecule has 0 saturated carbocycles. The highest BCUT2D eigenvalue weighted by atomic mass is 35.5. The molecule has 1 fully saturated rings. The molecule has 0 bridgehead atoms. The maximum Gasteiger partial charge on any atom is 0.128 e. The molecule has 6 nitrogen and oxygen atoms in total. The number of likely N-dealkylation sites (N-methyl/N-ethyl adjacent to an activating group) is 1. The summed E-state index contributed by atoms with van der Waals surface area (Å²) in [5.74, 6) is 0.979. The Hall–Kier alpha value is -1.73. The predicted octanol–water partition coefficient (Wildman–Crippen LogP) is 2.13. The molecule has 0 amide bonds. The Morgan fingerprint density at radius 2 is 2.08 bits per heavy atom. The molecule has 26 heavy (non-hydrogen) atoms. The summed E-state index contributed by atoms with van der Waals surface area (Å²) in [7, 11) is 3.76. The second kappa shape index (κ2) is 10.4. The lowest BCUT2D eigenvalue weighted by Gasteiger charge is -2.36. The van der Waals surface area contributed by atoms with E-state index in [2.05, 4.69) is 49.4 Å². The van der Waals surface area contributed by atoms with Crippen LogP contribution >= 0.6 is 12.4 Å². The van der Waals surface area contributed by atoms with Gasteiger partial charge in [-0.15, -0.1) is 12.4 Å². The average molecular weight is 378 g/mol. The SMILES string of the molecule is COCCN(C)c1ccc(CN2CCNCC2c2ccncc2)cn1.Cl. The molecule has 3 rings (SSSR count). The summed E-state index contributed by atoms with van der Waals surface area (Å²) >= 11 is 0. The molecule has 0 aromatic carbocycles. The number of aromatic nitrogens is 2. The van der Waals surface area contributed by atoms with Crippen molar-refractivity contribution in [1.29, 1.82) is 0 Å². The Labute approximate surface area is 162 Å². The van der Waals surface area contributed by atoms with Gasteiger partial charge in [0.2, 0.25) is 0 Å². The summed E-state index contributed by atoms with van der Waals surface area (Å²) in [5.41, 5.74) is 2.55. The summed E-state index contributed by atoms with van der Waals surface area (Å²) in [6, 6.07) is 8.86. The van der Waals surface area contributed by atoms with E-state index in [-0.39, 0.29) is 12.4 Å². The van der Waals surface area contributed by atoms with Crippen LogP contribution in [-0.2, 0) is 11.3 Å². The molecule has 7 heteroatoms. The van der Waals surface area contributed by atoms with Gasteiger partial charge >= 0.3 is 0 Å². The monoisotopic (exact) mass is 377 g/mol. The maximum atomic E-state index is 5.13. The molecule has 1 saturated heterocycles. The normalized spacial score (nSPS) is 17.5. The number of anilines is 1.